The normalized spacial score (nSPS) is 15.4. The zero-order chi connectivity index (χ0) is 12.4. The molecular formula is C15H31F. The lowest BCUT2D eigenvalue weighted by Gasteiger charge is -2.24. The van der Waals surface area contributed by atoms with Crippen LogP contribution < -0.4 is 0 Å². The Hall–Kier alpha value is -0.0700. The maximum absolute atomic E-state index is 13.9. The summed E-state index contributed by atoms with van der Waals surface area (Å²) in [6.45, 7) is 8.70. The van der Waals surface area contributed by atoms with E-state index in [2.05, 4.69) is 27.7 Å². The van der Waals surface area contributed by atoms with Crippen molar-refractivity contribution in [2.45, 2.75) is 85.2 Å². The molecule has 0 aromatic rings. The van der Waals surface area contributed by atoms with Crippen LogP contribution in [0.3, 0.4) is 0 Å². The highest BCUT2D eigenvalue weighted by atomic mass is 19.1. The molecule has 0 N–H and O–H groups in total. The van der Waals surface area contributed by atoms with Crippen LogP contribution in [0.4, 0.5) is 4.39 Å². The molecule has 0 fully saturated rings. The molecule has 2 atom stereocenters. The van der Waals surface area contributed by atoms with E-state index in [9.17, 15) is 4.39 Å². The van der Waals surface area contributed by atoms with E-state index in [1.54, 1.807) is 0 Å². The summed E-state index contributed by atoms with van der Waals surface area (Å²) in [5, 5.41) is 0. The van der Waals surface area contributed by atoms with Crippen LogP contribution in [0, 0.1) is 11.8 Å². The molecule has 0 aliphatic carbocycles. The molecule has 1 heteroatoms. The highest BCUT2D eigenvalue weighted by Crippen LogP contribution is 2.29. The average Bonchev–Trinajstić information content (AvgIpc) is 2.26. The number of rotatable bonds is 10. The Labute approximate surface area is 102 Å². The first-order valence-electron chi connectivity index (χ1n) is 7.33. The molecule has 2 unspecified atom stereocenters. The van der Waals surface area contributed by atoms with Crippen LogP contribution >= 0.6 is 0 Å². The predicted molar refractivity (Wildman–Crippen MR) is 71.5 cm³/mol. The van der Waals surface area contributed by atoms with Gasteiger partial charge in [0.25, 0.3) is 0 Å². The summed E-state index contributed by atoms with van der Waals surface area (Å²) < 4.78 is 13.9. The van der Waals surface area contributed by atoms with Gasteiger partial charge in [0.15, 0.2) is 0 Å². The smallest absolute Gasteiger partial charge is 0.103 e. The maximum Gasteiger partial charge on any atom is 0.103 e. The van der Waals surface area contributed by atoms with Crippen molar-refractivity contribution in [1.29, 1.82) is 0 Å². The molecule has 0 heterocycles. The van der Waals surface area contributed by atoms with E-state index in [4.69, 9.17) is 0 Å². The SMILES string of the molecule is CCCC(CCC)CC(CC)C(F)CCC. The summed E-state index contributed by atoms with van der Waals surface area (Å²) in [5.74, 6) is 1.07. The highest BCUT2D eigenvalue weighted by Gasteiger charge is 2.21. The number of hydrogen-bond donors (Lipinski definition) is 0. The van der Waals surface area contributed by atoms with Crippen LogP contribution in [-0.4, -0.2) is 6.17 Å². The van der Waals surface area contributed by atoms with Crippen molar-refractivity contribution in [1.82, 2.24) is 0 Å². The molecule has 0 saturated carbocycles. The zero-order valence-corrected chi connectivity index (χ0v) is 11.8. The fourth-order valence-electron chi connectivity index (χ4n) is 2.71. The summed E-state index contributed by atoms with van der Waals surface area (Å²) in [6, 6.07) is 0. The Balaban J connectivity index is 4.12. The molecule has 0 spiro atoms. The molecule has 98 valence electrons. The first-order chi connectivity index (χ1) is 7.69. The van der Waals surface area contributed by atoms with Gasteiger partial charge in [-0.1, -0.05) is 66.2 Å². The molecule has 0 aromatic heterocycles. The molecule has 0 saturated heterocycles. The van der Waals surface area contributed by atoms with Gasteiger partial charge in [-0.05, 0) is 24.7 Å². The van der Waals surface area contributed by atoms with Gasteiger partial charge in [0.1, 0.15) is 6.17 Å². The largest absolute Gasteiger partial charge is 0.247 e. The Bertz CT molecular complexity index is 138. The zero-order valence-electron chi connectivity index (χ0n) is 11.8. The van der Waals surface area contributed by atoms with Crippen LogP contribution in [0.2, 0.25) is 0 Å². The summed E-state index contributed by atoms with van der Waals surface area (Å²) in [6.07, 6.45) is 8.33. The van der Waals surface area contributed by atoms with Crippen molar-refractivity contribution in [3.63, 3.8) is 0 Å². The molecule has 0 bridgehead atoms. The van der Waals surface area contributed by atoms with E-state index in [1.165, 1.54) is 25.7 Å². The van der Waals surface area contributed by atoms with E-state index in [1.807, 2.05) is 0 Å². The van der Waals surface area contributed by atoms with Gasteiger partial charge in [-0.15, -0.1) is 0 Å². The van der Waals surface area contributed by atoms with Gasteiger partial charge in [-0.2, -0.15) is 0 Å². The van der Waals surface area contributed by atoms with Gasteiger partial charge in [-0.25, -0.2) is 4.39 Å². The fourth-order valence-corrected chi connectivity index (χ4v) is 2.71. The van der Waals surface area contributed by atoms with Crippen molar-refractivity contribution < 1.29 is 4.39 Å². The van der Waals surface area contributed by atoms with Crippen LogP contribution in [0.5, 0.6) is 0 Å². The second kappa shape index (κ2) is 10.1. The van der Waals surface area contributed by atoms with Crippen molar-refractivity contribution in [3.8, 4) is 0 Å². The molecule has 16 heavy (non-hydrogen) atoms. The van der Waals surface area contributed by atoms with Gasteiger partial charge < -0.3 is 0 Å². The summed E-state index contributed by atoms with van der Waals surface area (Å²) in [4.78, 5) is 0. The first-order valence-corrected chi connectivity index (χ1v) is 7.33. The third-order valence-electron chi connectivity index (χ3n) is 3.63. The highest BCUT2D eigenvalue weighted by molar-refractivity contribution is 4.72. The average molecular weight is 230 g/mol. The molecular weight excluding hydrogens is 199 g/mol. The quantitative estimate of drug-likeness (QED) is 0.448. The van der Waals surface area contributed by atoms with Gasteiger partial charge in [0, 0.05) is 0 Å². The summed E-state index contributed by atoms with van der Waals surface area (Å²) in [7, 11) is 0. The Kier molecular flexibility index (Phi) is 10.1. The Morgan fingerprint density at radius 2 is 1.31 bits per heavy atom. The van der Waals surface area contributed by atoms with Gasteiger partial charge in [0.2, 0.25) is 0 Å². The third kappa shape index (κ3) is 6.50. The molecule has 0 amide bonds. The molecule has 0 aliphatic heterocycles. The van der Waals surface area contributed by atoms with Crippen LogP contribution in [-0.2, 0) is 0 Å². The lowest BCUT2D eigenvalue weighted by molar-refractivity contribution is 0.170. The molecule has 0 radical (unpaired) electrons. The molecule has 0 aromatic carbocycles. The van der Waals surface area contributed by atoms with Crippen molar-refractivity contribution in [2.24, 2.45) is 11.8 Å². The number of hydrogen-bond acceptors (Lipinski definition) is 0. The first kappa shape index (κ1) is 15.9. The van der Waals surface area contributed by atoms with E-state index in [-0.39, 0.29) is 0 Å². The second-order valence-corrected chi connectivity index (χ2v) is 5.15. The van der Waals surface area contributed by atoms with Gasteiger partial charge in [0.05, 0.1) is 0 Å². The standard InChI is InChI=1S/C15H31F/c1-5-9-13(10-6-2)12-14(8-4)15(16)11-7-3/h13-15H,5-12H2,1-4H3. The minimum atomic E-state index is -0.564. The molecule has 0 aliphatic rings. The van der Waals surface area contributed by atoms with Crippen LogP contribution in [0.15, 0.2) is 0 Å². The predicted octanol–water partition coefficient (Wildman–Crippen LogP) is 5.76. The van der Waals surface area contributed by atoms with E-state index >= 15 is 0 Å². The molecule has 0 rings (SSSR count). The topological polar surface area (TPSA) is 0 Å². The number of alkyl halides is 1. The Morgan fingerprint density at radius 3 is 1.69 bits per heavy atom. The monoisotopic (exact) mass is 230 g/mol. The van der Waals surface area contributed by atoms with Gasteiger partial charge in [-0.3, -0.25) is 0 Å². The lowest BCUT2D eigenvalue weighted by atomic mass is 9.83. The maximum atomic E-state index is 13.9. The number of halogens is 1. The summed E-state index contributed by atoms with van der Waals surface area (Å²) >= 11 is 0. The van der Waals surface area contributed by atoms with Crippen LogP contribution in [0.1, 0.15) is 79.1 Å². The minimum Gasteiger partial charge on any atom is -0.247 e. The Morgan fingerprint density at radius 1 is 0.812 bits per heavy atom. The third-order valence-corrected chi connectivity index (χ3v) is 3.63. The van der Waals surface area contributed by atoms with Crippen LogP contribution in [0.25, 0.3) is 0 Å². The van der Waals surface area contributed by atoms with E-state index in [0.717, 1.165) is 31.6 Å². The van der Waals surface area contributed by atoms with E-state index < -0.39 is 6.17 Å². The van der Waals surface area contributed by atoms with E-state index in [0.29, 0.717) is 5.92 Å². The van der Waals surface area contributed by atoms with Gasteiger partial charge >= 0.3 is 0 Å². The van der Waals surface area contributed by atoms with Crippen molar-refractivity contribution in [2.75, 3.05) is 0 Å². The molecule has 0 nitrogen and oxygen atoms in total. The lowest BCUT2D eigenvalue weighted by Crippen LogP contribution is -2.19. The van der Waals surface area contributed by atoms with Crippen molar-refractivity contribution >= 4 is 0 Å². The second-order valence-electron chi connectivity index (χ2n) is 5.15. The summed E-state index contributed by atoms with van der Waals surface area (Å²) in [5.41, 5.74) is 0. The van der Waals surface area contributed by atoms with Crippen molar-refractivity contribution in [3.05, 3.63) is 0 Å². The minimum absolute atomic E-state index is 0.308. The fraction of sp³-hybridized carbons (Fsp3) is 1.00.